The maximum Gasteiger partial charge on any atom is 0.303 e. The van der Waals surface area contributed by atoms with Gasteiger partial charge in [-0.05, 0) is 0 Å². The van der Waals surface area contributed by atoms with Crippen molar-refractivity contribution < 1.29 is 38.1 Å². The fourth-order valence-electron chi connectivity index (χ4n) is 2.90. The van der Waals surface area contributed by atoms with Gasteiger partial charge in [-0.25, -0.2) is 4.98 Å². The van der Waals surface area contributed by atoms with Crippen LogP contribution in [-0.2, 0) is 33.3 Å². The van der Waals surface area contributed by atoms with Crippen LogP contribution in [0.2, 0.25) is 0 Å². The van der Waals surface area contributed by atoms with E-state index in [-0.39, 0.29) is 18.1 Å². The molecule has 0 aliphatic carbocycles. The maximum absolute atomic E-state index is 12.1. The zero-order chi connectivity index (χ0) is 23.3. The SMILES string of the molecule is CC(=O)OC[C@H]1O[C@@H](n2cnc(N=NN(C)C)c2C(N)=O)[C@H](OC(C)=O)[C@@H]1OC(C)=O. The second kappa shape index (κ2) is 9.97. The van der Waals surface area contributed by atoms with E-state index < -0.39 is 48.4 Å². The van der Waals surface area contributed by atoms with Crippen LogP contribution >= 0.6 is 0 Å². The monoisotopic (exact) mass is 440 g/mol. The molecule has 1 aromatic heterocycles. The van der Waals surface area contributed by atoms with Crippen LogP contribution in [0.5, 0.6) is 0 Å². The number of hydrogen-bond acceptors (Lipinski definition) is 11. The van der Waals surface area contributed by atoms with E-state index >= 15 is 0 Å². The maximum atomic E-state index is 12.1. The van der Waals surface area contributed by atoms with E-state index in [1.165, 1.54) is 22.8 Å². The van der Waals surface area contributed by atoms with E-state index in [0.29, 0.717) is 0 Å². The summed E-state index contributed by atoms with van der Waals surface area (Å²) in [7, 11) is 3.23. The minimum absolute atomic E-state index is 0.0983. The van der Waals surface area contributed by atoms with Crippen LogP contribution in [0.1, 0.15) is 37.5 Å². The number of nitrogens with two attached hydrogens (primary N) is 1. The topological polar surface area (TPSA) is 177 Å². The molecule has 14 heteroatoms. The zero-order valence-corrected chi connectivity index (χ0v) is 17.7. The lowest BCUT2D eigenvalue weighted by Gasteiger charge is -2.24. The molecule has 0 unspecified atom stereocenters. The number of esters is 3. The number of aromatic nitrogens is 2. The summed E-state index contributed by atoms with van der Waals surface area (Å²) in [5.41, 5.74) is 5.32. The molecule has 31 heavy (non-hydrogen) atoms. The molecule has 2 heterocycles. The van der Waals surface area contributed by atoms with Gasteiger partial charge in [0.15, 0.2) is 24.1 Å². The molecule has 0 aromatic carbocycles. The van der Waals surface area contributed by atoms with E-state index in [2.05, 4.69) is 15.3 Å². The fourth-order valence-corrected chi connectivity index (χ4v) is 2.90. The Morgan fingerprint density at radius 3 is 2.26 bits per heavy atom. The molecule has 1 amide bonds. The van der Waals surface area contributed by atoms with Crippen molar-refractivity contribution in [2.24, 2.45) is 16.1 Å². The summed E-state index contributed by atoms with van der Waals surface area (Å²) in [5, 5.41) is 9.01. The molecule has 0 saturated carbocycles. The van der Waals surface area contributed by atoms with Crippen LogP contribution in [0.3, 0.4) is 0 Å². The molecule has 4 atom stereocenters. The molecule has 1 aromatic rings. The Morgan fingerprint density at radius 2 is 1.74 bits per heavy atom. The van der Waals surface area contributed by atoms with Crippen LogP contribution in [0, 0.1) is 0 Å². The Labute approximate surface area is 177 Å². The Bertz CT molecular complexity index is 882. The lowest BCUT2D eigenvalue weighted by Crippen LogP contribution is -2.40. The van der Waals surface area contributed by atoms with Crippen LogP contribution in [-0.4, -0.2) is 77.4 Å². The van der Waals surface area contributed by atoms with Crippen LogP contribution in [0.15, 0.2) is 16.7 Å². The smallest absolute Gasteiger partial charge is 0.303 e. The van der Waals surface area contributed by atoms with Gasteiger partial charge in [0.05, 0.1) is 0 Å². The zero-order valence-electron chi connectivity index (χ0n) is 17.7. The predicted octanol–water partition coefficient (Wildman–Crippen LogP) is -0.134. The van der Waals surface area contributed by atoms with Gasteiger partial charge in [-0.1, -0.05) is 5.22 Å². The average Bonchev–Trinajstić information content (AvgIpc) is 3.19. The number of ether oxygens (including phenoxy) is 4. The molecule has 1 aliphatic heterocycles. The minimum Gasteiger partial charge on any atom is -0.463 e. The average molecular weight is 440 g/mol. The largest absolute Gasteiger partial charge is 0.463 e. The first-order valence-electron chi connectivity index (χ1n) is 9.10. The van der Waals surface area contributed by atoms with Gasteiger partial charge < -0.3 is 24.7 Å². The molecule has 1 aliphatic rings. The Balaban J connectivity index is 2.50. The molecular weight excluding hydrogens is 416 g/mol. The van der Waals surface area contributed by atoms with Crippen LogP contribution in [0.25, 0.3) is 0 Å². The van der Waals surface area contributed by atoms with Crippen molar-refractivity contribution in [1.29, 1.82) is 0 Å². The molecule has 0 bridgehead atoms. The van der Waals surface area contributed by atoms with Gasteiger partial charge in [-0.3, -0.25) is 28.8 Å². The first-order valence-corrected chi connectivity index (χ1v) is 9.10. The fraction of sp³-hybridized carbons (Fsp3) is 0.588. The van der Waals surface area contributed by atoms with E-state index in [1.807, 2.05) is 0 Å². The Morgan fingerprint density at radius 1 is 1.13 bits per heavy atom. The lowest BCUT2D eigenvalue weighted by molar-refractivity contribution is -0.166. The highest BCUT2D eigenvalue weighted by atomic mass is 16.7. The summed E-state index contributed by atoms with van der Waals surface area (Å²) in [6, 6.07) is 0. The number of carbonyl (C=O) groups is 4. The van der Waals surface area contributed by atoms with Crippen molar-refractivity contribution in [3.63, 3.8) is 0 Å². The van der Waals surface area contributed by atoms with Crippen molar-refractivity contribution in [1.82, 2.24) is 14.6 Å². The number of imidazole rings is 1. The minimum atomic E-state index is -1.20. The van der Waals surface area contributed by atoms with Crippen molar-refractivity contribution in [2.45, 2.75) is 45.3 Å². The molecule has 0 spiro atoms. The highest BCUT2D eigenvalue weighted by molar-refractivity contribution is 5.95. The van der Waals surface area contributed by atoms with Crippen molar-refractivity contribution >= 4 is 29.6 Å². The van der Waals surface area contributed by atoms with Crippen molar-refractivity contribution in [3.05, 3.63) is 12.0 Å². The second-order valence-electron chi connectivity index (χ2n) is 6.74. The molecule has 170 valence electrons. The highest BCUT2D eigenvalue weighted by Gasteiger charge is 2.51. The molecule has 2 rings (SSSR count). The number of nitrogens with zero attached hydrogens (tertiary/aromatic N) is 5. The third kappa shape index (κ3) is 5.97. The number of hydrogen-bond donors (Lipinski definition) is 1. The Kier molecular flexibility index (Phi) is 7.63. The number of carbonyl (C=O) groups excluding carboxylic acids is 4. The van der Waals surface area contributed by atoms with Crippen molar-refractivity contribution in [3.8, 4) is 0 Å². The molecule has 0 radical (unpaired) electrons. The molecule has 1 fully saturated rings. The third-order valence-corrected chi connectivity index (χ3v) is 3.94. The van der Waals surface area contributed by atoms with Gasteiger partial charge in [0.25, 0.3) is 5.91 Å². The van der Waals surface area contributed by atoms with Gasteiger partial charge in [0, 0.05) is 34.9 Å². The molecule has 2 N–H and O–H groups in total. The van der Waals surface area contributed by atoms with E-state index in [1.54, 1.807) is 14.1 Å². The molecule has 14 nitrogen and oxygen atoms in total. The van der Waals surface area contributed by atoms with E-state index in [9.17, 15) is 19.2 Å². The van der Waals surface area contributed by atoms with E-state index in [0.717, 1.165) is 13.8 Å². The van der Waals surface area contributed by atoms with Gasteiger partial charge in [0.1, 0.15) is 19.0 Å². The summed E-state index contributed by atoms with van der Waals surface area (Å²) in [4.78, 5) is 50.7. The third-order valence-electron chi connectivity index (χ3n) is 3.94. The molecule has 1 saturated heterocycles. The lowest BCUT2D eigenvalue weighted by atomic mass is 10.1. The molecular formula is C17H24N6O8. The van der Waals surface area contributed by atoms with Gasteiger partial charge in [-0.2, -0.15) is 0 Å². The van der Waals surface area contributed by atoms with Crippen LogP contribution in [0.4, 0.5) is 5.82 Å². The number of rotatable bonds is 8. The standard InChI is InChI=1S/C17H24N6O8/c1-8(24)28-6-11-13(29-9(2)25)14(30-10(3)26)17(31-11)23-7-19-16(12(23)15(18)27)20-21-22(4)5/h7,11,13-14,17H,6H2,1-5H3,(H2,18,27)/t11-,13-,14-,17-/m1/s1. The summed E-state index contributed by atoms with van der Waals surface area (Å²) >= 11 is 0. The second-order valence-corrected chi connectivity index (χ2v) is 6.74. The first kappa shape index (κ1) is 23.7. The van der Waals surface area contributed by atoms with Crippen LogP contribution < -0.4 is 5.73 Å². The van der Waals surface area contributed by atoms with Gasteiger partial charge in [-0.15, -0.1) is 5.11 Å². The summed E-state index contributed by atoms with van der Waals surface area (Å²) in [5.74, 6) is -2.97. The van der Waals surface area contributed by atoms with Crippen molar-refractivity contribution in [2.75, 3.05) is 20.7 Å². The number of amides is 1. The highest BCUT2D eigenvalue weighted by Crippen LogP contribution is 2.36. The summed E-state index contributed by atoms with van der Waals surface area (Å²) in [6.07, 6.45) is -3.33. The van der Waals surface area contributed by atoms with Gasteiger partial charge >= 0.3 is 17.9 Å². The number of primary amides is 1. The summed E-state index contributed by atoms with van der Waals surface area (Å²) < 4.78 is 22.6. The summed E-state index contributed by atoms with van der Waals surface area (Å²) in [6.45, 7) is 3.21. The van der Waals surface area contributed by atoms with E-state index in [4.69, 9.17) is 24.7 Å². The quantitative estimate of drug-likeness (QED) is 0.248. The normalized spacial score (nSPS) is 22.9. The predicted molar refractivity (Wildman–Crippen MR) is 101 cm³/mol. The first-order chi connectivity index (χ1) is 14.5. The Hall–Kier alpha value is -3.55. The van der Waals surface area contributed by atoms with Gasteiger partial charge in [0.2, 0.25) is 5.82 Å².